The van der Waals surface area contributed by atoms with Gasteiger partial charge in [-0.15, -0.1) is 11.3 Å². The van der Waals surface area contributed by atoms with Crippen molar-refractivity contribution in [3.8, 4) is 23.1 Å². The van der Waals surface area contributed by atoms with E-state index < -0.39 is 11.6 Å². The van der Waals surface area contributed by atoms with Crippen LogP contribution in [0.1, 0.15) is 24.0 Å². The Balaban J connectivity index is 1.64. The number of thiophene rings is 1. The molecule has 8 heteroatoms. The molecule has 0 bridgehead atoms. The number of aryl methyl sites for hydroxylation is 1. The number of aromatic nitrogens is 1. The predicted molar refractivity (Wildman–Crippen MR) is 127 cm³/mol. The van der Waals surface area contributed by atoms with Crippen LogP contribution in [0.15, 0.2) is 30.3 Å². The van der Waals surface area contributed by atoms with E-state index in [2.05, 4.69) is 16.9 Å². The van der Waals surface area contributed by atoms with Gasteiger partial charge in [0, 0.05) is 28.4 Å². The lowest BCUT2D eigenvalue weighted by Gasteiger charge is -2.19. The molecule has 5 rings (SSSR count). The molecule has 0 spiro atoms. The number of hydrogen-bond donors (Lipinski definition) is 1. The van der Waals surface area contributed by atoms with Gasteiger partial charge in [-0.2, -0.15) is 5.26 Å². The lowest BCUT2D eigenvalue weighted by molar-refractivity contribution is 0.193. The van der Waals surface area contributed by atoms with Gasteiger partial charge >= 0.3 is 0 Å². The van der Waals surface area contributed by atoms with Crippen LogP contribution in [0.5, 0.6) is 5.88 Å². The number of nitrogen functional groups attached to an aromatic ring is 1. The number of nitrogens with two attached hydrogens (primary N) is 1. The van der Waals surface area contributed by atoms with Gasteiger partial charge in [0.2, 0.25) is 5.88 Å². The number of ether oxygens (including phenoxy) is 1. The van der Waals surface area contributed by atoms with Gasteiger partial charge in [0.25, 0.3) is 0 Å². The average Bonchev–Trinajstić information content (AvgIpc) is 3.36. The average molecular weight is 465 g/mol. The second-order valence-electron chi connectivity index (χ2n) is 8.44. The van der Waals surface area contributed by atoms with E-state index in [1.807, 2.05) is 12.1 Å². The summed E-state index contributed by atoms with van der Waals surface area (Å²) in [4.78, 5) is 6.71. The molecular weight excluding hydrogens is 442 g/mol. The van der Waals surface area contributed by atoms with E-state index in [9.17, 15) is 9.65 Å². The monoisotopic (exact) mass is 464 g/mol. The lowest BCUT2D eigenvalue weighted by atomic mass is 9.93. The van der Waals surface area contributed by atoms with Crippen molar-refractivity contribution in [2.45, 2.75) is 25.8 Å². The highest BCUT2D eigenvalue weighted by Crippen LogP contribution is 2.43. The number of anilines is 1. The van der Waals surface area contributed by atoms with Gasteiger partial charge in [0.05, 0.1) is 10.3 Å². The summed E-state index contributed by atoms with van der Waals surface area (Å²) in [5, 5.41) is 10.8. The standard InChI is InChI=1S/C25H22F2N4OS/c1-13-10-14-5-8-19(32-12-15-4-3-9-31(15)2)30-23(14)22(27)20(13)16-6-7-18(26)24-21(16)17(11-28)25(29)33-24/h5-8,10,15H,3-4,9,12,29H2,1-2H3. The summed E-state index contributed by atoms with van der Waals surface area (Å²) in [5.41, 5.74) is 7.66. The van der Waals surface area contributed by atoms with Gasteiger partial charge in [0.15, 0.2) is 5.82 Å². The summed E-state index contributed by atoms with van der Waals surface area (Å²) >= 11 is 0.994. The first-order chi connectivity index (χ1) is 15.9. The number of nitriles is 1. The normalized spacial score (nSPS) is 16.5. The lowest BCUT2D eigenvalue weighted by Crippen LogP contribution is -2.30. The molecule has 2 N–H and O–H groups in total. The van der Waals surface area contributed by atoms with Gasteiger partial charge in [-0.3, -0.25) is 0 Å². The Bertz CT molecular complexity index is 1440. The van der Waals surface area contributed by atoms with Gasteiger partial charge in [-0.1, -0.05) is 6.07 Å². The van der Waals surface area contributed by atoms with Gasteiger partial charge in [0.1, 0.15) is 29.0 Å². The summed E-state index contributed by atoms with van der Waals surface area (Å²) in [6.07, 6.45) is 2.20. The quantitative estimate of drug-likeness (QED) is 0.424. The fraction of sp³-hybridized carbons (Fsp3) is 0.280. The fourth-order valence-electron chi connectivity index (χ4n) is 4.63. The van der Waals surface area contributed by atoms with Crippen molar-refractivity contribution in [3.63, 3.8) is 0 Å². The molecule has 1 fully saturated rings. The van der Waals surface area contributed by atoms with E-state index in [0.717, 1.165) is 30.7 Å². The van der Waals surface area contributed by atoms with Gasteiger partial charge in [-0.05, 0) is 62.7 Å². The highest BCUT2D eigenvalue weighted by molar-refractivity contribution is 7.23. The molecule has 0 radical (unpaired) electrons. The number of likely N-dealkylation sites (tertiary alicyclic amines) is 1. The minimum Gasteiger partial charge on any atom is -0.476 e. The molecule has 3 heterocycles. The van der Waals surface area contributed by atoms with Crippen LogP contribution in [-0.4, -0.2) is 36.1 Å². The molecule has 1 aliphatic heterocycles. The fourth-order valence-corrected chi connectivity index (χ4v) is 5.58. The zero-order valence-electron chi connectivity index (χ0n) is 18.3. The third-order valence-electron chi connectivity index (χ3n) is 6.39. The number of pyridine rings is 1. The van der Waals surface area contributed by atoms with Crippen molar-refractivity contribution in [2.24, 2.45) is 0 Å². The number of benzene rings is 2. The number of fused-ring (bicyclic) bond motifs is 2. The first kappa shape index (κ1) is 21.6. The number of halogens is 2. The summed E-state index contributed by atoms with van der Waals surface area (Å²) in [5.74, 6) is -0.662. The minimum absolute atomic E-state index is 0.161. The van der Waals surface area contributed by atoms with Crippen LogP contribution in [0.2, 0.25) is 0 Å². The Kier molecular flexibility index (Phi) is 5.39. The third kappa shape index (κ3) is 3.58. The molecule has 1 aliphatic rings. The topological polar surface area (TPSA) is 75.2 Å². The van der Waals surface area contributed by atoms with Crippen molar-refractivity contribution < 1.29 is 13.5 Å². The summed E-state index contributed by atoms with van der Waals surface area (Å²) in [7, 11) is 2.07. The molecule has 0 saturated carbocycles. The van der Waals surface area contributed by atoms with Crippen molar-refractivity contribution >= 4 is 37.3 Å². The highest BCUT2D eigenvalue weighted by Gasteiger charge is 2.24. The number of likely N-dealkylation sites (N-methyl/N-ethyl adjacent to an activating group) is 1. The number of rotatable bonds is 4. The van der Waals surface area contributed by atoms with E-state index in [1.165, 1.54) is 12.1 Å². The van der Waals surface area contributed by atoms with Gasteiger partial charge < -0.3 is 15.4 Å². The molecule has 5 nitrogen and oxygen atoms in total. The van der Waals surface area contributed by atoms with Crippen molar-refractivity contribution in [3.05, 3.63) is 53.1 Å². The third-order valence-corrected chi connectivity index (χ3v) is 7.42. The maximum Gasteiger partial charge on any atom is 0.213 e. The molecule has 1 atom stereocenters. The van der Waals surface area contributed by atoms with E-state index in [0.29, 0.717) is 40.4 Å². The number of hydrogen-bond acceptors (Lipinski definition) is 6. The van der Waals surface area contributed by atoms with Crippen molar-refractivity contribution in [1.82, 2.24) is 9.88 Å². The van der Waals surface area contributed by atoms with E-state index in [1.54, 1.807) is 19.1 Å². The van der Waals surface area contributed by atoms with Crippen LogP contribution in [0, 0.1) is 29.9 Å². The van der Waals surface area contributed by atoms with Crippen LogP contribution in [-0.2, 0) is 0 Å². The Morgan fingerprint density at radius 2 is 2.12 bits per heavy atom. The van der Waals surface area contributed by atoms with Crippen molar-refractivity contribution in [2.75, 3.05) is 25.9 Å². The Morgan fingerprint density at radius 3 is 2.85 bits per heavy atom. The smallest absolute Gasteiger partial charge is 0.213 e. The SMILES string of the molecule is Cc1cc2ccc(OCC3CCCN3C)nc2c(F)c1-c1ccc(F)c2sc(N)c(C#N)c12. The molecule has 0 aliphatic carbocycles. The summed E-state index contributed by atoms with van der Waals surface area (Å²) < 4.78 is 36.6. The predicted octanol–water partition coefficient (Wildman–Crippen LogP) is 5.63. The Labute approximate surface area is 194 Å². The number of nitrogens with zero attached hydrogens (tertiary/aromatic N) is 3. The second kappa shape index (κ2) is 8.25. The maximum atomic E-state index is 15.9. The minimum atomic E-state index is -0.532. The molecule has 4 aromatic rings. The Hall–Kier alpha value is -3.28. The second-order valence-corrected chi connectivity index (χ2v) is 9.50. The zero-order valence-corrected chi connectivity index (χ0v) is 19.1. The first-order valence-corrected chi connectivity index (χ1v) is 11.5. The van der Waals surface area contributed by atoms with Crippen LogP contribution in [0.3, 0.4) is 0 Å². The van der Waals surface area contributed by atoms with E-state index in [-0.39, 0.29) is 26.3 Å². The molecule has 168 valence electrons. The molecule has 33 heavy (non-hydrogen) atoms. The zero-order chi connectivity index (χ0) is 23.3. The molecule has 2 aromatic carbocycles. The first-order valence-electron chi connectivity index (χ1n) is 10.7. The molecule has 2 aromatic heterocycles. The van der Waals surface area contributed by atoms with Crippen molar-refractivity contribution in [1.29, 1.82) is 5.26 Å². The highest BCUT2D eigenvalue weighted by atomic mass is 32.1. The Morgan fingerprint density at radius 1 is 1.30 bits per heavy atom. The molecular formula is C25H22F2N4OS. The van der Waals surface area contributed by atoms with Crippen LogP contribution >= 0.6 is 11.3 Å². The summed E-state index contributed by atoms with van der Waals surface area (Å²) in [6.45, 7) is 3.32. The van der Waals surface area contributed by atoms with Gasteiger partial charge in [-0.25, -0.2) is 13.8 Å². The van der Waals surface area contributed by atoms with Crippen LogP contribution in [0.25, 0.3) is 32.1 Å². The van der Waals surface area contributed by atoms with E-state index >= 15 is 4.39 Å². The molecule has 0 amide bonds. The van der Waals surface area contributed by atoms with E-state index in [4.69, 9.17) is 10.5 Å². The van der Waals surface area contributed by atoms with Crippen LogP contribution < -0.4 is 10.5 Å². The van der Waals surface area contributed by atoms with Crippen LogP contribution in [0.4, 0.5) is 13.8 Å². The molecule has 1 saturated heterocycles. The molecule has 1 unspecified atom stereocenters. The largest absolute Gasteiger partial charge is 0.476 e. The maximum absolute atomic E-state index is 15.9. The summed E-state index contributed by atoms with van der Waals surface area (Å²) in [6, 6.07) is 10.5.